The molecule has 114 valence electrons. The first-order chi connectivity index (χ1) is 10.7. The summed E-state index contributed by atoms with van der Waals surface area (Å²) in [7, 11) is 0. The van der Waals surface area contributed by atoms with Gasteiger partial charge in [-0.3, -0.25) is 4.99 Å². The van der Waals surface area contributed by atoms with Crippen LogP contribution in [0.15, 0.2) is 40.2 Å². The summed E-state index contributed by atoms with van der Waals surface area (Å²) >= 11 is 1.64. The molecule has 2 atom stereocenters. The van der Waals surface area contributed by atoms with Gasteiger partial charge in [0, 0.05) is 22.8 Å². The van der Waals surface area contributed by atoms with Crippen LogP contribution in [0.25, 0.3) is 11.1 Å². The van der Waals surface area contributed by atoms with E-state index in [1.807, 2.05) is 12.1 Å². The minimum atomic E-state index is -0.339. The molecule has 6 heteroatoms. The van der Waals surface area contributed by atoms with E-state index in [-0.39, 0.29) is 5.54 Å². The molecule has 22 heavy (non-hydrogen) atoms. The molecule has 2 aliphatic rings. The summed E-state index contributed by atoms with van der Waals surface area (Å²) in [6.07, 6.45) is 4.35. The second kappa shape index (κ2) is 5.05. The second-order valence-electron chi connectivity index (χ2n) is 5.87. The third-order valence-electron chi connectivity index (χ3n) is 4.58. The van der Waals surface area contributed by atoms with Crippen molar-refractivity contribution in [3.63, 3.8) is 0 Å². The van der Waals surface area contributed by atoms with Crippen LogP contribution in [0.2, 0.25) is 0 Å². The van der Waals surface area contributed by atoms with Crippen molar-refractivity contribution in [2.45, 2.75) is 18.9 Å². The summed E-state index contributed by atoms with van der Waals surface area (Å²) in [4.78, 5) is 4.80. The van der Waals surface area contributed by atoms with Gasteiger partial charge in [0.05, 0.1) is 18.3 Å². The molecule has 4 rings (SSSR count). The molecule has 2 aliphatic heterocycles. The number of nitrogens with zero attached hydrogens (tertiary/aromatic N) is 2. The number of aromatic nitrogens is 1. The predicted molar refractivity (Wildman–Crippen MR) is 87.0 cm³/mol. The first-order valence-electron chi connectivity index (χ1n) is 7.32. The molecular formula is C16H17N3O2S. The quantitative estimate of drug-likeness (QED) is 0.875. The number of hydrogen-bond donors (Lipinski definition) is 1. The van der Waals surface area contributed by atoms with Gasteiger partial charge in [-0.2, -0.15) is 0 Å². The molecular weight excluding hydrogens is 298 g/mol. The molecule has 0 aliphatic carbocycles. The Balaban J connectivity index is 1.89. The van der Waals surface area contributed by atoms with Crippen LogP contribution in [0.4, 0.5) is 0 Å². The van der Waals surface area contributed by atoms with Crippen molar-refractivity contribution in [2.24, 2.45) is 16.6 Å². The average Bonchev–Trinajstić information content (AvgIpc) is 2.99. The maximum atomic E-state index is 6.01. The summed E-state index contributed by atoms with van der Waals surface area (Å²) in [5, 5.41) is 4.44. The van der Waals surface area contributed by atoms with E-state index in [1.54, 1.807) is 24.2 Å². The molecule has 1 aromatic heterocycles. The second-order valence-corrected chi connectivity index (χ2v) is 6.91. The van der Waals surface area contributed by atoms with E-state index in [4.69, 9.17) is 20.0 Å². The van der Waals surface area contributed by atoms with Crippen LogP contribution in [0.3, 0.4) is 0 Å². The summed E-state index contributed by atoms with van der Waals surface area (Å²) in [6.45, 7) is 2.88. The minimum Gasteiger partial charge on any atom is -0.493 e. The first-order valence-corrected chi connectivity index (χ1v) is 8.30. The van der Waals surface area contributed by atoms with Crippen LogP contribution >= 0.6 is 11.8 Å². The molecule has 0 saturated carbocycles. The fraction of sp³-hybridized carbons (Fsp3) is 0.375. The lowest BCUT2D eigenvalue weighted by Crippen LogP contribution is -2.37. The Morgan fingerprint density at radius 1 is 1.36 bits per heavy atom. The highest BCUT2D eigenvalue weighted by Gasteiger charge is 2.42. The molecule has 0 fully saturated rings. The third-order valence-corrected chi connectivity index (χ3v) is 5.54. The molecule has 2 N–H and O–H groups in total. The normalized spacial score (nSPS) is 27.1. The lowest BCUT2D eigenvalue weighted by Gasteiger charge is -2.36. The fourth-order valence-corrected chi connectivity index (χ4v) is 4.35. The highest BCUT2D eigenvalue weighted by atomic mass is 32.2. The van der Waals surface area contributed by atoms with Crippen LogP contribution in [-0.2, 0) is 5.54 Å². The van der Waals surface area contributed by atoms with Crippen molar-refractivity contribution >= 4 is 16.9 Å². The zero-order chi connectivity index (χ0) is 15.2. The Morgan fingerprint density at radius 2 is 2.27 bits per heavy atom. The zero-order valence-electron chi connectivity index (χ0n) is 12.3. The Hall–Kier alpha value is -1.95. The first kappa shape index (κ1) is 13.7. The molecule has 1 aromatic carbocycles. The van der Waals surface area contributed by atoms with Crippen molar-refractivity contribution in [2.75, 3.05) is 12.4 Å². The molecule has 0 bridgehead atoms. The van der Waals surface area contributed by atoms with Crippen molar-refractivity contribution < 1.29 is 9.26 Å². The summed E-state index contributed by atoms with van der Waals surface area (Å²) in [5.74, 6) is 2.30. The Morgan fingerprint density at radius 3 is 3.09 bits per heavy atom. The predicted octanol–water partition coefficient (Wildman–Crippen LogP) is 3.02. The van der Waals surface area contributed by atoms with E-state index in [0.29, 0.717) is 11.1 Å². The minimum absolute atomic E-state index is 0.339. The lowest BCUT2D eigenvalue weighted by atomic mass is 9.78. The van der Waals surface area contributed by atoms with E-state index in [0.717, 1.165) is 41.2 Å². The van der Waals surface area contributed by atoms with Gasteiger partial charge in [0.1, 0.15) is 12.0 Å². The molecule has 0 saturated heterocycles. The topological polar surface area (TPSA) is 73.6 Å². The van der Waals surface area contributed by atoms with Crippen molar-refractivity contribution in [3.05, 3.63) is 36.2 Å². The molecule has 2 aromatic rings. The summed E-state index contributed by atoms with van der Waals surface area (Å²) in [6, 6.07) is 6.17. The van der Waals surface area contributed by atoms with Crippen LogP contribution in [0.5, 0.6) is 5.75 Å². The third kappa shape index (κ3) is 2.09. The van der Waals surface area contributed by atoms with Crippen molar-refractivity contribution in [1.29, 1.82) is 0 Å². The summed E-state index contributed by atoms with van der Waals surface area (Å²) in [5.41, 5.74) is 8.78. The van der Waals surface area contributed by atoms with E-state index in [9.17, 15) is 0 Å². The highest BCUT2D eigenvalue weighted by Crippen LogP contribution is 2.47. The molecule has 0 radical (unpaired) electrons. The Bertz CT molecular complexity index is 729. The number of aliphatic imine (C=N–C) groups is 1. The molecule has 3 heterocycles. The van der Waals surface area contributed by atoms with Gasteiger partial charge in [-0.25, -0.2) is 0 Å². The number of nitrogens with two attached hydrogens (primary N) is 1. The number of fused-ring (bicyclic) bond motifs is 3. The van der Waals surface area contributed by atoms with E-state index >= 15 is 0 Å². The molecule has 0 unspecified atom stereocenters. The number of benzene rings is 1. The SMILES string of the molecule is C[C@]12N=C(N)SC[C@H]1CCOc1ccc(-c3cnoc3)cc12. The summed E-state index contributed by atoms with van der Waals surface area (Å²) < 4.78 is 10.9. The van der Waals surface area contributed by atoms with Gasteiger partial charge in [0.2, 0.25) is 0 Å². The number of ether oxygens (including phenoxy) is 1. The van der Waals surface area contributed by atoms with Crippen LogP contribution in [-0.4, -0.2) is 22.7 Å². The lowest BCUT2D eigenvalue weighted by molar-refractivity contribution is 0.271. The maximum Gasteiger partial charge on any atom is 0.154 e. The number of rotatable bonds is 1. The average molecular weight is 315 g/mol. The van der Waals surface area contributed by atoms with Gasteiger partial charge in [-0.15, -0.1) is 0 Å². The van der Waals surface area contributed by atoms with Gasteiger partial charge in [0.25, 0.3) is 0 Å². The standard InChI is InChI=1S/C16H17N3O2S/c1-16-12(9-22-15(17)19-16)4-5-20-14-3-2-10(6-13(14)16)11-7-18-21-8-11/h2-3,6-8,12H,4-5,9H2,1H3,(H2,17,19)/t12-,16+/m1/s1. The van der Waals surface area contributed by atoms with Crippen LogP contribution in [0.1, 0.15) is 18.9 Å². The number of hydrogen-bond acceptors (Lipinski definition) is 6. The molecule has 5 nitrogen and oxygen atoms in total. The van der Waals surface area contributed by atoms with Gasteiger partial charge >= 0.3 is 0 Å². The Kier molecular flexibility index (Phi) is 3.14. The van der Waals surface area contributed by atoms with Crippen LogP contribution in [0, 0.1) is 5.92 Å². The van der Waals surface area contributed by atoms with Gasteiger partial charge in [0.15, 0.2) is 5.17 Å². The van der Waals surface area contributed by atoms with Gasteiger partial charge < -0.3 is 15.0 Å². The van der Waals surface area contributed by atoms with E-state index in [2.05, 4.69) is 18.1 Å². The fourth-order valence-electron chi connectivity index (χ4n) is 3.23. The smallest absolute Gasteiger partial charge is 0.154 e. The largest absolute Gasteiger partial charge is 0.493 e. The molecule has 0 amide bonds. The monoisotopic (exact) mass is 315 g/mol. The number of amidine groups is 1. The Labute approximate surface area is 132 Å². The van der Waals surface area contributed by atoms with Gasteiger partial charge in [-0.1, -0.05) is 23.0 Å². The van der Waals surface area contributed by atoms with Crippen molar-refractivity contribution in [3.8, 4) is 16.9 Å². The van der Waals surface area contributed by atoms with Crippen LogP contribution < -0.4 is 10.5 Å². The highest BCUT2D eigenvalue weighted by molar-refractivity contribution is 8.13. The van der Waals surface area contributed by atoms with E-state index in [1.165, 1.54) is 0 Å². The van der Waals surface area contributed by atoms with Crippen molar-refractivity contribution in [1.82, 2.24) is 5.16 Å². The number of thioether (sulfide) groups is 1. The van der Waals surface area contributed by atoms with Gasteiger partial charge in [-0.05, 0) is 31.0 Å². The zero-order valence-corrected chi connectivity index (χ0v) is 13.1. The maximum absolute atomic E-state index is 6.01. The van der Waals surface area contributed by atoms with E-state index < -0.39 is 0 Å². The molecule has 0 spiro atoms.